The first kappa shape index (κ1) is 15.5. The summed E-state index contributed by atoms with van der Waals surface area (Å²) in [6.45, 7) is 5.30. The fourth-order valence-corrected chi connectivity index (χ4v) is 3.54. The molecule has 0 aromatic heterocycles. The summed E-state index contributed by atoms with van der Waals surface area (Å²) in [5.74, 6) is 0.792. The molecule has 0 spiro atoms. The monoisotopic (exact) mass is 296 g/mol. The minimum atomic E-state index is -3.34. The van der Waals surface area contributed by atoms with Crippen LogP contribution < -0.4 is 10.0 Å². The largest absolute Gasteiger partial charge is 0.314 e. The summed E-state index contributed by atoms with van der Waals surface area (Å²) in [6, 6.07) is 7.77. The minimum absolute atomic E-state index is 0.342. The molecule has 1 atom stereocenters. The van der Waals surface area contributed by atoms with Crippen LogP contribution in [0.2, 0.25) is 0 Å². The first-order valence-electron chi connectivity index (χ1n) is 7.38. The highest BCUT2D eigenvalue weighted by Gasteiger charge is 2.30. The Hall–Kier alpha value is -0.910. The number of rotatable bonds is 8. The van der Waals surface area contributed by atoms with Crippen molar-refractivity contribution >= 4 is 10.0 Å². The highest BCUT2D eigenvalue weighted by atomic mass is 32.2. The van der Waals surface area contributed by atoms with E-state index in [0.29, 0.717) is 17.5 Å². The average molecular weight is 296 g/mol. The molecule has 1 aliphatic rings. The van der Waals surface area contributed by atoms with E-state index >= 15 is 0 Å². The number of likely N-dealkylation sites (N-methyl/N-ethyl adjacent to an activating group) is 1. The Morgan fingerprint density at radius 1 is 1.15 bits per heavy atom. The molecule has 20 heavy (non-hydrogen) atoms. The Morgan fingerprint density at radius 2 is 1.80 bits per heavy atom. The Bertz CT molecular complexity index is 521. The highest BCUT2D eigenvalue weighted by molar-refractivity contribution is 7.89. The molecule has 0 bridgehead atoms. The molecule has 1 aliphatic carbocycles. The third kappa shape index (κ3) is 4.04. The predicted octanol–water partition coefficient (Wildman–Crippen LogP) is 1.92. The van der Waals surface area contributed by atoms with Crippen molar-refractivity contribution in [3.05, 3.63) is 29.8 Å². The first-order chi connectivity index (χ1) is 9.56. The fourth-order valence-electron chi connectivity index (χ4n) is 2.50. The zero-order valence-corrected chi connectivity index (χ0v) is 13.0. The molecule has 0 saturated heterocycles. The molecule has 5 heteroatoms. The molecule has 1 aromatic carbocycles. The van der Waals surface area contributed by atoms with E-state index in [1.165, 1.54) is 18.4 Å². The lowest BCUT2D eigenvalue weighted by atomic mass is 10.0. The van der Waals surface area contributed by atoms with Gasteiger partial charge in [0.1, 0.15) is 0 Å². The second-order valence-electron chi connectivity index (χ2n) is 5.35. The van der Waals surface area contributed by atoms with E-state index in [9.17, 15) is 8.42 Å². The van der Waals surface area contributed by atoms with Crippen LogP contribution in [0, 0.1) is 5.92 Å². The third-order valence-corrected chi connectivity index (χ3v) is 5.24. The molecule has 4 nitrogen and oxygen atoms in total. The lowest BCUT2D eigenvalue weighted by Crippen LogP contribution is -2.32. The molecule has 112 valence electrons. The van der Waals surface area contributed by atoms with Gasteiger partial charge in [0.15, 0.2) is 0 Å². The maximum Gasteiger partial charge on any atom is 0.240 e. The summed E-state index contributed by atoms with van der Waals surface area (Å²) in [7, 11) is -3.34. The summed E-state index contributed by atoms with van der Waals surface area (Å²) in [4.78, 5) is 0.342. The summed E-state index contributed by atoms with van der Waals surface area (Å²) in [5.41, 5.74) is 1.19. The third-order valence-electron chi connectivity index (χ3n) is 3.68. The van der Waals surface area contributed by atoms with Crippen LogP contribution >= 0.6 is 0 Å². The van der Waals surface area contributed by atoms with Crippen LogP contribution in [0.5, 0.6) is 0 Å². The molecule has 0 heterocycles. The van der Waals surface area contributed by atoms with Gasteiger partial charge in [-0.15, -0.1) is 0 Å². The summed E-state index contributed by atoms with van der Waals surface area (Å²) >= 11 is 0. The summed E-state index contributed by atoms with van der Waals surface area (Å²) < 4.78 is 26.2. The van der Waals surface area contributed by atoms with Crippen LogP contribution in [0.4, 0.5) is 0 Å². The quantitative estimate of drug-likeness (QED) is 0.770. The molecule has 2 rings (SSSR count). The number of nitrogens with one attached hydrogen (secondary N) is 2. The molecule has 1 unspecified atom stereocenters. The summed E-state index contributed by atoms with van der Waals surface area (Å²) in [5, 5.41) is 3.53. The van der Waals surface area contributed by atoms with Gasteiger partial charge in [-0.2, -0.15) is 0 Å². The highest BCUT2D eigenvalue weighted by Crippen LogP contribution is 2.34. The van der Waals surface area contributed by atoms with Gasteiger partial charge in [0, 0.05) is 12.6 Å². The normalized spacial score (nSPS) is 17.1. The predicted molar refractivity (Wildman–Crippen MR) is 81.2 cm³/mol. The van der Waals surface area contributed by atoms with Gasteiger partial charge < -0.3 is 5.32 Å². The number of sulfonamides is 1. The van der Waals surface area contributed by atoms with E-state index in [2.05, 4.69) is 17.0 Å². The molecular formula is C15H24N2O2S. The Balaban J connectivity index is 2.04. The van der Waals surface area contributed by atoms with E-state index in [0.717, 1.165) is 18.9 Å². The molecule has 1 aromatic rings. The van der Waals surface area contributed by atoms with Crippen molar-refractivity contribution in [2.24, 2.45) is 5.92 Å². The van der Waals surface area contributed by atoms with Crippen LogP contribution in [0.3, 0.4) is 0 Å². The average Bonchev–Trinajstić information content (AvgIpc) is 3.23. The fraction of sp³-hybridized carbons (Fsp3) is 0.600. The number of hydrogen-bond donors (Lipinski definition) is 2. The van der Waals surface area contributed by atoms with Crippen molar-refractivity contribution in [2.45, 2.75) is 44.0 Å². The van der Waals surface area contributed by atoms with Crippen molar-refractivity contribution in [2.75, 3.05) is 13.1 Å². The van der Waals surface area contributed by atoms with Crippen molar-refractivity contribution in [1.82, 2.24) is 10.0 Å². The second kappa shape index (κ2) is 6.70. The SMILES string of the molecule is CCNC(Cc1ccc(S(=O)(=O)NCC)cc1)C1CC1. The standard InChI is InChI=1S/C15H24N2O2S/c1-3-16-15(13-7-8-13)11-12-5-9-14(10-6-12)20(18,19)17-4-2/h5-6,9-10,13,15-17H,3-4,7-8,11H2,1-2H3. The van der Waals surface area contributed by atoms with Gasteiger partial charge in [-0.25, -0.2) is 13.1 Å². The smallest absolute Gasteiger partial charge is 0.240 e. The van der Waals surface area contributed by atoms with Crippen LogP contribution in [-0.4, -0.2) is 27.5 Å². The molecule has 2 N–H and O–H groups in total. The minimum Gasteiger partial charge on any atom is -0.314 e. The Morgan fingerprint density at radius 3 is 2.30 bits per heavy atom. The van der Waals surface area contributed by atoms with E-state index in [-0.39, 0.29) is 0 Å². The summed E-state index contributed by atoms with van der Waals surface area (Å²) in [6.07, 6.45) is 3.59. The van der Waals surface area contributed by atoms with Gasteiger partial charge in [-0.3, -0.25) is 0 Å². The van der Waals surface area contributed by atoms with Gasteiger partial charge in [-0.05, 0) is 49.4 Å². The zero-order chi connectivity index (χ0) is 14.6. The van der Waals surface area contributed by atoms with Gasteiger partial charge in [0.2, 0.25) is 10.0 Å². The van der Waals surface area contributed by atoms with Gasteiger partial charge >= 0.3 is 0 Å². The topological polar surface area (TPSA) is 58.2 Å². The molecule has 1 fully saturated rings. The van der Waals surface area contributed by atoms with Gasteiger partial charge in [-0.1, -0.05) is 26.0 Å². The Labute approximate surface area is 122 Å². The first-order valence-corrected chi connectivity index (χ1v) is 8.87. The van der Waals surface area contributed by atoms with Gasteiger partial charge in [0.25, 0.3) is 0 Å². The van der Waals surface area contributed by atoms with Crippen molar-refractivity contribution in [1.29, 1.82) is 0 Å². The lowest BCUT2D eigenvalue weighted by molar-refractivity contribution is 0.472. The van der Waals surface area contributed by atoms with E-state index < -0.39 is 10.0 Å². The second-order valence-corrected chi connectivity index (χ2v) is 7.12. The van der Waals surface area contributed by atoms with Crippen LogP contribution in [0.25, 0.3) is 0 Å². The lowest BCUT2D eigenvalue weighted by Gasteiger charge is -2.17. The molecular weight excluding hydrogens is 272 g/mol. The molecule has 0 amide bonds. The maximum atomic E-state index is 11.9. The number of hydrogen-bond acceptors (Lipinski definition) is 3. The van der Waals surface area contributed by atoms with Crippen LogP contribution in [0.1, 0.15) is 32.3 Å². The van der Waals surface area contributed by atoms with E-state index in [1.54, 1.807) is 19.1 Å². The molecule has 1 saturated carbocycles. The van der Waals surface area contributed by atoms with E-state index in [4.69, 9.17) is 0 Å². The molecule has 0 radical (unpaired) electrons. The maximum absolute atomic E-state index is 11.9. The Kier molecular flexibility index (Phi) is 5.18. The van der Waals surface area contributed by atoms with Crippen LogP contribution in [0.15, 0.2) is 29.2 Å². The van der Waals surface area contributed by atoms with E-state index in [1.807, 2.05) is 12.1 Å². The van der Waals surface area contributed by atoms with Crippen LogP contribution in [-0.2, 0) is 16.4 Å². The van der Waals surface area contributed by atoms with Crippen molar-refractivity contribution in [3.8, 4) is 0 Å². The van der Waals surface area contributed by atoms with Crippen molar-refractivity contribution < 1.29 is 8.42 Å². The molecule has 0 aliphatic heterocycles. The van der Waals surface area contributed by atoms with Crippen molar-refractivity contribution in [3.63, 3.8) is 0 Å². The zero-order valence-electron chi connectivity index (χ0n) is 12.2. The number of benzene rings is 1. The van der Waals surface area contributed by atoms with Gasteiger partial charge in [0.05, 0.1) is 4.90 Å².